The molecule has 11 heteroatoms. The summed E-state index contributed by atoms with van der Waals surface area (Å²) in [6.07, 6.45) is -0.0695. The highest BCUT2D eigenvalue weighted by atomic mass is 19.3. The van der Waals surface area contributed by atoms with Gasteiger partial charge in [0.2, 0.25) is 5.91 Å². The van der Waals surface area contributed by atoms with Crippen LogP contribution in [0.3, 0.4) is 0 Å². The van der Waals surface area contributed by atoms with E-state index in [-0.39, 0.29) is 30.3 Å². The molecule has 1 fully saturated rings. The van der Waals surface area contributed by atoms with Crippen LogP contribution in [0.2, 0.25) is 0 Å². The van der Waals surface area contributed by atoms with E-state index in [4.69, 9.17) is 14.2 Å². The summed E-state index contributed by atoms with van der Waals surface area (Å²) in [5.74, 6) is -1.59. The number of hydrogen-bond donors (Lipinski definition) is 1. The Hall–Kier alpha value is -3.89. The molecule has 2 heterocycles. The smallest absolute Gasteiger partial charge is 0.387 e. The average molecular weight is 462 g/mol. The number of halogens is 2. The van der Waals surface area contributed by atoms with Crippen LogP contribution in [0.4, 0.5) is 20.2 Å². The fraction of sp³-hybridized carbons (Fsp3) is 0.318. The minimum Gasteiger partial charge on any atom is -0.486 e. The van der Waals surface area contributed by atoms with Gasteiger partial charge < -0.3 is 29.2 Å². The number of rotatable bonds is 7. The van der Waals surface area contributed by atoms with Crippen LogP contribution >= 0.6 is 0 Å². The molecule has 1 atom stereocenters. The molecule has 33 heavy (non-hydrogen) atoms. The van der Waals surface area contributed by atoms with Gasteiger partial charge in [0.05, 0.1) is 11.6 Å². The summed E-state index contributed by atoms with van der Waals surface area (Å²) >= 11 is 0. The lowest BCUT2D eigenvalue weighted by molar-refractivity contribution is -0.151. The lowest BCUT2D eigenvalue weighted by Gasteiger charge is -2.22. The molecule has 0 radical (unpaired) electrons. The zero-order chi connectivity index (χ0) is 23.4. The Labute approximate surface area is 187 Å². The highest BCUT2D eigenvalue weighted by molar-refractivity contribution is 6.00. The third-order valence-corrected chi connectivity index (χ3v) is 5.02. The van der Waals surface area contributed by atoms with Crippen molar-refractivity contribution >= 4 is 29.2 Å². The van der Waals surface area contributed by atoms with Crippen molar-refractivity contribution in [2.75, 3.05) is 36.6 Å². The van der Waals surface area contributed by atoms with E-state index in [2.05, 4.69) is 10.1 Å². The molecule has 0 bridgehead atoms. The van der Waals surface area contributed by atoms with Crippen LogP contribution in [-0.4, -0.2) is 50.8 Å². The summed E-state index contributed by atoms with van der Waals surface area (Å²) < 4.78 is 45.3. The van der Waals surface area contributed by atoms with Crippen molar-refractivity contribution < 1.29 is 42.1 Å². The van der Waals surface area contributed by atoms with Crippen LogP contribution in [0, 0.1) is 5.92 Å². The van der Waals surface area contributed by atoms with E-state index in [1.54, 1.807) is 18.2 Å². The standard InChI is InChI=1S/C22H20F2N2O7/c23-22(24)33-16-4-2-1-3-15(16)25-19(27)12-32-21(29)13-9-20(28)26(11-13)14-5-6-17-18(10-14)31-8-7-30-17/h1-6,10,13,22H,7-9,11-12H2,(H,25,27)/t13-/m1/s1. The summed E-state index contributed by atoms with van der Waals surface area (Å²) in [4.78, 5) is 38.4. The van der Waals surface area contributed by atoms with Gasteiger partial charge in [-0.1, -0.05) is 12.1 Å². The maximum Gasteiger partial charge on any atom is 0.387 e. The summed E-state index contributed by atoms with van der Waals surface area (Å²) in [6.45, 7) is -2.76. The number of nitrogens with one attached hydrogen (secondary N) is 1. The lowest BCUT2D eigenvalue weighted by atomic mass is 10.1. The lowest BCUT2D eigenvalue weighted by Crippen LogP contribution is -2.28. The first-order valence-electron chi connectivity index (χ1n) is 10.1. The molecule has 2 amide bonds. The van der Waals surface area contributed by atoms with Gasteiger partial charge in [-0.3, -0.25) is 14.4 Å². The first-order valence-corrected chi connectivity index (χ1v) is 10.1. The Balaban J connectivity index is 1.32. The number of ether oxygens (including phenoxy) is 4. The number of hydrogen-bond acceptors (Lipinski definition) is 7. The maximum absolute atomic E-state index is 12.5. The minimum atomic E-state index is -3.06. The summed E-state index contributed by atoms with van der Waals surface area (Å²) in [5, 5.41) is 2.36. The largest absolute Gasteiger partial charge is 0.486 e. The number of fused-ring (bicyclic) bond motifs is 1. The molecule has 0 saturated carbocycles. The molecule has 174 valence electrons. The van der Waals surface area contributed by atoms with Crippen molar-refractivity contribution in [2.45, 2.75) is 13.0 Å². The molecular weight excluding hydrogens is 442 g/mol. The number of carbonyl (C=O) groups excluding carboxylic acids is 3. The number of para-hydroxylation sites is 2. The number of amides is 2. The van der Waals surface area contributed by atoms with Crippen molar-refractivity contribution in [2.24, 2.45) is 5.92 Å². The quantitative estimate of drug-likeness (QED) is 0.631. The van der Waals surface area contributed by atoms with Crippen LogP contribution in [0.5, 0.6) is 17.2 Å². The van der Waals surface area contributed by atoms with Gasteiger partial charge in [-0.15, -0.1) is 0 Å². The fourth-order valence-electron chi connectivity index (χ4n) is 3.52. The number of benzene rings is 2. The molecule has 2 aliphatic rings. The van der Waals surface area contributed by atoms with E-state index in [0.717, 1.165) is 0 Å². The van der Waals surface area contributed by atoms with E-state index in [1.807, 2.05) is 0 Å². The summed E-state index contributed by atoms with van der Waals surface area (Å²) in [6, 6.07) is 10.7. The van der Waals surface area contributed by atoms with Crippen molar-refractivity contribution in [1.29, 1.82) is 0 Å². The zero-order valence-electron chi connectivity index (χ0n) is 17.3. The summed E-state index contributed by atoms with van der Waals surface area (Å²) in [7, 11) is 0. The normalized spacial score (nSPS) is 17.1. The molecule has 0 spiro atoms. The van der Waals surface area contributed by atoms with Gasteiger partial charge in [0, 0.05) is 24.7 Å². The highest BCUT2D eigenvalue weighted by Gasteiger charge is 2.37. The SMILES string of the molecule is O=C(COC(=O)[C@@H]1CC(=O)N(c2ccc3c(c2)OCCO3)C1)Nc1ccccc1OC(F)F. The Morgan fingerprint density at radius 2 is 1.88 bits per heavy atom. The number of carbonyl (C=O) groups is 3. The highest BCUT2D eigenvalue weighted by Crippen LogP contribution is 2.36. The van der Waals surface area contributed by atoms with E-state index in [1.165, 1.54) is 29.2 Å². The van der Waals surface area contributed by atoms with Gasteiger partial charge in [0.1, 0.15) is 19.0 Å². The van der Waals surface area contributed by atoms with E-state index in [9.17, 15) is 23.2 Å². The second-order valence-electron chi connectivity index (χ2n) is 7.26. The second-order valence-corrected chi connectivity index (χ2v) is 7.26. The molecule has 0 aliphatic carbocycles. The van der Waals surface area contributed by atoms with Crippen LogP contribution in [0.15, 0.2) is 42.5 Å². The average Bonchev–Trinajstić information content (AvgIpc) is 3.20. The van der Waals surface area contributed by atoms with Gasteiger partial charge in [-0.05, 0) is 24.3 Å². The van der Waals surface area contributed by atoms with Crippen LogP contribution in [0.1, 0.15) is 6.42 Å². The van der Waals surface area contributed by atoms with Crippen molar-refractivity contribution in [3.63, 3.8) is 0 Å². The van der Waals surface area contributed by atoms with Gasteiger partial charge in [0.25, 0.3) is 5.91 Å². The van der Waals surface area contributed by atoms with Crippen molar-refractivity contribution in [1.82, 2.24) is 0 Å². The number of alkyl halides is 2. The molecular formula is C22H20F2N2O7. The minimum absolute atomic E-state index is 0.0136. The maximum atomic E-state index is 12.5. The third kappa shape index (κ3) is 5.30. The number of esters is 1. The van der Waals surface area contributed by atoms with Gasteiger partial charge in [0.15, 0.2) is 18.1 Å². The van der Waals surface area contributed by atoms with Crippen molar-refractivity contribution in [3.05, 3.63) is 42.5 Å². The molecule has 2 aromatic carbocycles. The molecule has 9 nitrogen and oxygen atoms in total. The van der Waals surface area contributed by atoms with Crippen LogP contribution in [0.25, 0.3) is 0 Å². The predicted octanol–water partition coefficient (Wildman–Crippen LogP) is 2.59. The topological polar surface area (TPSA) is 103 Å². The Bertz CT molecular complexity index is 1060. The second kappa shape index (κ2) is 9.72. The molecule has 0 aromatic heterocycles. The zero-order valence-corrected chi connectivity index (χ0v) is 17.3. The molecule has 0 unspecified atom stereocenters. The van der Waals surface area contributed by atoms with Crippen molar-refractivity contribution in [3.8, 4) is 17.2 Å². The van der Waals surface area contributed by atoms with E-state index >= 15 is 0 Å². The van der Waals surface area contributed by atoms with E-state index < -0.39 is 31.0 Å². The molecule has 2 aliphatic heterocycles. The molecule has 2 aromatic rings. The van der Waals surface area contributed by atoms with Crippen LogP contribution < -0.4 is 24.4 Å². The number of anilines is 2. The van der Waals surface area contributed by atoms with Gasteiger partial charge in [-0.25, -0.2) is 0 Å². The Morgan fingerprint density at radius 3 is 2.67 bits per heavy atom. The molecule has 1 N–H and O–H groups in total. The Morgan fingerprint density at radius 1 is 1.12 bits per heavy atom. The summed E-state index contributed by atoms with van der Waals surface area (Å²) in [5.41, 5.74) is 0.576. The van der Waals surface area contributed by atoms with E-state index in [0.29, 0.717) is 30.4 Å². The first-order chi connectivity index (χ1) is 15.9. The predicted molar refractivity (Wildman–Crippen MR) is 111 cm³/mol. The van der Waals surface area contributed by atoms with Crippen LogP contribution in [-0.2, 0) is 19.1 Å². The first kappa shape index (κ1) is 22.3. The fourth-order valence-corrected chi connectivity index (χ4v) is 3.52. The molecule has 1 saturated heterocycles. The monoisotopic (exact) mass is 462 g/mol. The third-order valence-electron chi connectivity index (χ3n) is 5.02. The Kier molecular flexibility index (Phi) is 6.57. The van der Waals surface area contributed by atoms with Gasteiger partial charge in [-0.2, -0.15) is 8.78 Å². The van der Waals surface area contributed by atoms with Gasteiger partial charge >= 0.3 is 12.6 Å². The number of nitrogens with zero attached hydrogens (tertiary/aromatic N) is 1. The molecule has 4 rings (SSSR count).